The van der Waals surface area contributed by atoms with Crippen LogP contribution in [0.5, 0.6) is 11.5 Å². The maximum Gasteiger partial charge on any atom is 0.332 e. The zero-order valence-corrected chi connectivity index (χ0v) is 19.0. The van der Waals surface area contributed by atoms with E-state index in [2.05, 4.69) is 9.80 Å². The van der Waals surface area contributed by atoms with E-state index in [1.54, 1.807) is 6.92 Å². The van der Waals surface area contributed by atoms with Crippen molar-refractivity contribution in [1.29, 1.82) is 0 Å². The summed E-state index contributed by atoms with van der Waals surface area (Å²) in [6.07, 6.45) is 0.875. The second-order valence-electron chi connectivity index (χ2n) is 7.69. The zero-order chi connectivity index (χ0) is 22.3. The Hall–Kier alpha value is -2.61. The molecule has 1 saturated heterocycles. The summed E-state index contributed by atoms with van der Waals surface area (Å²) >= 11 is 6.31. The van der Waals surface area contributed by atoms with Crippen molar-refractivity contribution in [2.45, 2.75) is 13.3 Å². The van der Waals surface area contributed by atoms with E-state index in [-0.39, 0.29) is 12.6 Å². The average molecular weight is 458 g/mol. The van der Waals surface area contributed by atoms with Gasteiger partial charge in [-0.05, 0) is 43.7 Å². The zero-order valence-electron chi connectivity index (χ0n) is 18.3. The Morgan fingerprint density at radius 1 is 1.12 bits per heavy atom. The summed E-state index contributed by atoms with van der Waals surface area (Å²) in [5, 5.41) is 0.660. The van der Waals surface area contributed by atoms with Crippen LogP contribution in [-0.4, -0.2) is 74.1 Å². The molecule has 0 spiro atoms. The first kappa shape index (κ1) is 22.6. The lowest BCUT2D eigenvalue weighted by Crippen LogP contribution is -2.49. The topological polar surface area (TPSA) is 63.6 Å². The van der Waals surface area contributed by atoms with Gasteiger partial charge >= 0.3 is 5.97 Å². The lowest BCUT2D eigenvalue weighted by Gasteiger charge is -2.36. The number of hydrogen-bond donors (Lipinski definition) is 0. The molecule has 0 aromatic heterocycles. The number of halogens is 1. The molecule has 2 heterocycles. The number of piperazine rings is 1. The molecule has 0 saturated carbocycles. The highest BCUT2D eigenvalue weighted by Crippen LogP contribution is 2.38. The summed E-state index contributed by atoms with van der Waals surface area (Å²) in [6, 6.07) is 13.5. The van der Waals surface area contributed by atoms with Crippen molar-refractivity contribution < 1.29 is 19.0 Å². The van der Waals surface area contributed by atoms with Crippen molar-refractivity contribution in [3.05, 3.63) is 53.1 Å². The number of hydrogen-bond acceptors (Lipinski definition) is 7. The van der Waals surface area contributed by atoms with Crippen LogP contribution in [0.4, 0.5) is 5.69 Å². The summed E-state index contributed by atoms with van der Waals surface area (Å²) < 4.78 is 16.4. The standard InChI is InChI=1S/C24H28ClN3O4/c1-2-31-23(29)17-30-15-5-10-27-11-13-28(14-12-27)24-19-16-18(25)8-9-21(19)32-22-7-4-3-6-20(22)26-24/h3-4,6-9,16H,2,5,10-15,17H2,1H3. The van der Waals surface area contributed by atoms with E-state index in [0.717, 1.165) is 67.7 Å². The number of fused-ring (bicyclic) bond motifs is 2. The molecule has 7 nitrogen and oxygen atoms in total. The van der Waals surface area contributed by atoms with Gasteiger partial charge in [0.2, 0.25) is 0 Å². The number of ether oxygens (including phenoxy) is 3. The molecule has 8 heteroatoms. The van der Waals surface area contributed by atoms with Crippen LogP contribution in [0.3, 0.4) is 0 Å². The Bertz CT molecular complexity index is 973. The summed E-state index contributed by atoms with van der Waals surface area (Å²) in [4.78, 5) is 21.0. The first-order valence-electron chi connectivity index (χ1n) is 11.0. The minimum Gasteiger partial charge on any atom is -0.464 e. The number of rotatable bonds is 7. The molecule has 2 aromatic rings. The van der Waals surface area contributed by atoms with Crippen molar-refractivity contribution in [1.82, 2.24) is 9.80 Å². The lowest BCUT2D eigenvalue weighted by molar-refractivity contribution is -0.148. The van der Waals surface area contributed by atoms with E-state index < -0.39 is 0 Å². The highest BCUT2D eigenvalue weighted by Gasteiger charge is 2.26. The monoisotopic (exact) mass is 457 g/mol. The molecule has 0 atom stereocenters. The molecule has 4 rings (SSSR count). The summed E-state index contributed by atoms with van der Waals surface area (Å²) in [5.41, 5.74) is 1.73. The van der Waals surface area contributed by atoms with Gasteiger partial charge in [0.25, 0.3) is 0 Å². The summed E-state index contributed by atoms with van der Waals surface area (Å²) in [5.74, 6) is 2.09. The first-order valence-corrected chi connectivity index (χ1v) is 11.4. The molecule has 0 radical (unpaired) electrons. The number of benzene rings is 2. The van der Waals surface area contributed by atoms with Crippen molar-refractivity contribution in [3.8, 4) is 11.5 Å². The van der Waals surface area contributed by atoms with Gasteiger partial charge in [0.05, 0.1) is 12.2 Å². The van der Waals surface area contributed by atoms with E-state index >= 15 is 0 Å². The number of carbonyl (C=O) groups is 1. The highest BCUT2D eigenvalue weighted by molar-refractivity contribution is 6.31. The number of amidine groups is 1. The maximum atomic E-state index is 11.3. The summed E-state index contributed by atoms with van der Waals surface area (Å²) in [6.45, 7) is 7.23. The normalized spacial score (nSPS) is 15.8. The fraction of sp³-hybridized carbons (Fsp3) is 0.417. The van der Waals surface area contributed by atoms with E-state index in [1.165, 1.54) is 0 Å². The maximum absolute atomic E-state index is 11.3. The van der Waals surface area contributed by atoms with E-state index in [9.17, 15) is 4.79 Å². The Morgan fingerprint density at radius 3 is 2.75 bits per heavy atom. The molecule has 2 aliphatic rings. The Balaban J connectivity index is 1.36. The van der Waals surface area contributed by atoms with Crippen LogP contribution in [0, 0.1) is 0 Å². The van der Waals surface area contributed by atoms with Gasteiger partial charge in [0, 0.05) is 44.4 Å². The number of esters is 1. The van der Waals surface area contributed by atoms with Gasteiger partial charge in [-0.2, -0.15) is 0 Å². The van der Waals surface area contributed by atoms with Crippen LogP contribution in [0.15, 0.2) is 47.5 Å². The Labute approximate surface area is 193 Å². The van der Waals surface area contributed by atoms with Crippen LogP contribution in [0.25, 0.3) is 0 Å². The van der Waals surface area contributed by atoms with Gasteiger partial charge in [-0.25, -0.2) is 9.79 Å². The predicted molar refractivity (Wildman–Crippen MR) is 124 cm³/mol. The smallest absolute Gasteiger partial charge is 0.332 e. The van der Waals surface area contributed by atoms with Crippen LogP contribution < -0.4 is 4.74 Å². The fourth-order valence-corrected chi connectivity index (χ4v) is 4.04. The lowest BCUT2D eigenvalue weighted by atomic mass is 10.1. The molecular weight excluding hydrogens is 430 g/mol. The van der Waals surface area contributed by atoms with E-state index in [1.807, 2.05) is 42.5 Å². The molecular formula is C24H28ClN3O4. The fourth-order valence-electron chi connectivity index (χ4n) is 3.87. The molecule has 0 N–H and O–H groups in total. The largest absolute Gasteiger partial charge is 0.464 e. The third-order valence-electron chi connectivity index (χ3n) is 5.45. The van der Waals surface area contributed by atoms with Gasteiger partial charge in [-0.3, -0.25) is 4.90 Å². The van der Waals surface area contributed by atoms with Crippen LogP contribution >= 0.6 is 11.6 Å². The molecule has 1 fully saturated rings. The van der Waals surface area contributed by atoms with Gasteiger partial charge < -0.3 is 19.1 Å². The second kappa shape index (κ2) is 10.8. The van der Waals surface area contributed by atoms with Crippen LogP contribution in [0.2, 0.25) is 5.02 Å². The van der Waals surface area contributed by atoms with E-state index in [0.29, 0.717) is 18.2 Å². The molecule has 0 bridgehead atoms. The molecule has 2 aromatic carbocycles. The Kier molecular flexibility index (Phi) is 7.63. The minimum absolute atomic E-state index is 0.0208. The first-order chi connectivity index (χ1) is 15.6. The van der Waals surface area contributed by atoms with Crippen molar-refractivity contribution in [2.24, 2.45) is 4.99 Å². The molecule has 32 heavy (non-hydrogen) atoms. The van der Waals surface area contributed by atoms with Gasteiger partial charge in [0.1, 0.15) is 23.9 Å². The Morgan fingerprint density at radius 2 is 1.94 bits per heavy atom. The third kappa shape index (κ3) is 5.59. The SMILES string of the molecule is CCOC(=O)COCCCN1CCN(C2=Nc3ccccc3Oc3ccc(Cl)cc32)CC1. The molecule has 0 amide bonds. The number of para-hydroxylation sites is 2. The second-order valence-corrected chi connectivity index (χ2v) is 8.12. The van der Waals surface area contributed by atoms with Gasteiger partial charge in [0.15, 0.2) is 5.75 Å². The highest BCUT2D eigenvalue weighted by atomic mass is 35.5. The van der Waals surface area contributed by atoms with Crippen LogP contribution in [0.1, 0.15) is 18.9 Å². The minimum atomic E-state index is -0.309. The van der Waals surface area contributed by atoms with Crippen molar-refractivity contribution in [2.75, 3.05) is 52.5 Å². The molecule has 170 valence electrons. The number of nitrogens with zero attached hydrogens (tertiary/aromatic N) is 3. The van der Waals surface area contributed by atoms with Crippen molar-refractivity contribution >= 4 is 29.1 Å². The quantitative estimate of drug-likeness (QED) is 0.460. The average Bonchev–Trinajstić information content (AvgIpc) is 2.96. The molecule has 0 aliphatic carbocycles. The molecule has 0 unspecified atom stereocenters. The van der Waals surface area contributed by atoms with E-state index in [4.69, 9.17) is 30.8 Å². The predicted octanol–water partition coefficient (Wildman–Crippen LogP) is 4.11. The van der Waals surface area contributed by atoms with Crippen molar-refractivity contribution in [3.63, 3.8) is 0 Å². The summed E-state index contributed by atoms with van der Waals surface area (Å²) in [7, 11) is 0. The van der Waals surface area contributed by atoms with Crippen LogP contribution in [-0.2, 0) is 14.3 Å². The third-order valence-corrected chi connectivity index (χ3v) is 5.69. The molecule has 2 aliphatic heterocycles. The van der Waals surface area contributed by atoms with Gasteiger partial charge in [-0.15, -0.1) is 0 Å². The van der Waals surface area contributed by atoms with Gasteiger partial charge in [-0.1, -0.05) is 23.7 Å². The number of carbonyl (C=O) groups excluding carboxylic acids is 1. The number of aliphatic imine (C=N–C) groups is 1.